The summed E-state index contributed by atoms with van der Waals surface area (Å²) in [5, 5.41) is 8.61. The molecule has 24 heavy (non-hydrogen) atoms. The Bertz CT molecular complexity index is 769. The molecule has 1 fully saturated rings. The van der Waals surface area contributed by atoms with E-state index in [9.17, 15) is 8.42 Å². The second-order valence-electron chi connectivity index (χ2n) is 6.52. The molecule has 0 aromatic carbocycles. The van der Waals surface area contributed by atoms with Crippen LogP contribution in [0.4, 0.5) is 0 Å². The van der Waals surface area contributed by atoms with Crippen molar-refractivity contribution in [1.82, 2.24) is 0 Å². The van der Waals surface area contributed by atoms with Gasteiger partial charge in [-0.1, -0.05) is 18.1 Å². The van der Waals surface area contributed by atoms with E-state index in [4.69, 9.17) is 14.3 Å². The first-order chi connectivity index (χ1) is 11.4. The van der Waals surface area contributed by atoms with E-state index in [2.05, 4.69) is 0 Å². The summed E-state index contributed by atoms with van der Waals surface area (Å²) in [5.41, 5.74) is 3.20. The van der Waals surface area contributed by atoms with Crippen molar-refractivity contribution in [3.05, 3.63) is 40.4 Å². The number of allylic oxidation sites excluding steroid dienone is 1. The fraction of sp³-hybridized carbons (Fsp3) is 0.556. The Morgan fingerprint density at radius 3 is 2.88 bits per heavy atom. The summed E-state index contributed by atoms with van der Waals surface area (Å²) in [6.07, 6.45) is 4.23. The van der Waals surface area contributed by atoms with Crippen LogP contribution in [0.5, 0.6) is 0 Å². The molecule has 0 saturated carbocycles. The minimum absolute atomic E-state index is 0.0878. The predicted octanol–water partition coefficient (Wildman–Crippen LogP) is 2.86. The first-order valence-corrected chi connectivity index (χ1v) is 10.1. The SMILES string of the molecule is CCC1=C2[C@@H](CC/C(C)=C/c3ccc(CO)o3)OC[C@@H]2S(=O)(=O)C1. The van der Waals surface area contributed by atoms with Gasteiger partial charge in [0.05, 0.1) is 18.5 Å². The lowest BCUT2D eigenvalue weighted by Gasteiger charge is -2.13. The first-order valence-electron chi connectivity index (χ1n) is 8.36. The summed E-state index contributed by atoms with van der Waals surface area (Å²) in [7, 11) is -3.06. The quantitative estimate of drug-likeness (QED) is 0.797. The maximum absolute atomic E-state index is 12.2. The predicted molar refractivity (Wildman–Crippen MR) is 92.1 cm³/mol. The fourth-order valence-electron chi connectivity index (χ4n) is 3.55. The van der Waals surface area contributed by atoms with Gasteiger partial charge in [0, 0.05) is 0 Å². The van der Waals surface area contributed by atoms with Crippen LogP contribution in [0.25, 0.3) is 6.08 Å². The number of aliphatic hydroxyl groups is 1. The molecule has 1 saturated heterocycles. The van der Waals surface area contributed by atoms with Gasteiger partial charge in [0.2, 0.25) is 0 Å². The van der Waals surface area contributed by atoms with Gasteiger partial charge < -0.3 is 14.3 Å². The Labute approximate surface area is 142 Å². The molecule has 3 heterocycles. The maximum atomic E-state index is 12.2. The van der Waals surface area contributed by atoms with Gasteiger partial charge in [-0.2, -0.15) is 0 Å². The number of furan rings is 1. The Morgan fingerprint density at radius 2 is 2.21 bits per heavy atom. The van der Waals surface area contributed by atoms with Gasteiger partial charge in [-0.05, 0) is 50.0 Å². The third kappa shape index (κ3) is 3.36. The van der Waals surface area contributed by atoms with E-state index in [0.29, 0.717) is 12.4 Å². The third-order valence-electron chi connectivity index (χ3n) is 4.81. The van der Waals surface area contributed by atoms with Gasteiger partial charge >= 0.3 is 0 Å². The van der Waals surface area contributed by atoms with Crippen molar-refractivity contribution in [2.75, 3.05) is 12.4 Å². The summed E-state index contributed by atoms with van der Waals surface area (Å²) in [5.74, 6) is 1.47. The molecule has 2 atom stereocenters. The Balaban J connectivity index is 1.66. The second-order valence-corrected chi connectivity index (χ2v) is 8.71. The van der Waals surface area contributed by atoms with E-state index in [-0.39, 0.29) is 18.5 Å². The molecule has 3 rings (SSSR count). The van der Waals surface area contributed by atoms with Crippen LogP contribution in [0.2, 0.25) is 0 Å². The normalized spacial score (nSPS) is 26.2. The van der Waals surface area contributed by atoms with Crippen molar-refractivity contribution in [3.8, 4) is 0 Å². The van der Waals surface area contributed by atoms with E-state index < -0.39 is 15.1 Å². The Hall–Kier alpha value is -1.37. The smallest absolute Gasteiger partial charge is 0.163 e. The van der Waals surface area contributed by atoms with Crippen LogP contribution in [-0.4, -0.2) is 37.2 Å². The summed E-state index contributed by atoms with van der Waals surface area (Å²) >= 11 is 0. The number of hydrogen-bond donors (Lipinski definition) is 1. The average molecular weight is 352 g/mol. The van der Waals surface area contributed by atoms with Crippen LogP contribution >= 0.6 is 0 Å². The van der Waals surface area contributed by atoms with Crippen LogP contribution in [-0.2, 0) is 21.2 Å². The van der Waals surface area contributed by atoms with E-state index in [1.807, 2.05) is 26.0 Å². The van der Waals surface area contributed by atoms with Crippen molar-refractivity contribution in [1.29, 1.82) is 0 Å². The Kier molecular flexibility index (Phi) is 4.99. The monoisotopic (exact) mass is 352 g/mol. The third-order valence-corrected chi connectivity index (χ3v) is 6.82. The number of hydrogen-bond acceptors (Lipinski definition) is 5. The van der Waals surface area contributed by atoms with E-state index in [1.54, 1.807) is 6.07 Å². The van der Waals surface area contributed by atoms with Crippen molar-refractivity contribution < 1.29 is 22.7 Å². The van der Waals surface area contributed by atoms with E-state index >= 15 is 0 Å². The summed E-state index contributed by atoms with van der Waals surface area (Å²) in [6.45, 7) is 4.23. The van der Waals surface area contributed by atoms with Crippen LogP contribution in [0.1, 0.15) is 44.6 Å². The molecule has 0 bridgehead atoms. The van der Waals surface area contributed by atoms with Gasteiger partial charge in [-0.3, -0.25) is 0 Å². The van der Waals surface area contributed by atoms with Gasteiger partial charge in [0.1, 0.15) is 23.4 Å². The zero-order chi connectivity index (χ0) is 17.3. The molecule has 1 N–H and O–H groups in total. The molecular formula is C18H24O5S. The standard InChI is InChI=1S/C18H24O5S/c1-3-13-11-24(20,21)17-10-22-16(18(13)17)7-4-12(2)8-14-5-6-15(9-19)23-14/h5-6,8,16-17,19H,3-4,7,9-11H2,1-2H3/b12-8+/t16-,17+/m1/s1. The molecule has 1 aromatic rings. The lowest BCUT2D eigenvalue weighted by Crippen LogP contribution is -2.19. The summed E-state index contributed by atoms with van der Waals surface area (Å²) in [6, 6.07) is 3.59. The van der Waals surface area contributed by atoms with E-state index in [0.717, 1.165) is 41.7 Å². The minimum atomic E-state index is -3.06. The molecule has 5 nitrogen and oxygen atoms in total. The second kappa shape index (κ2) is 6.86. The highest BCUT2D eigenvalue weighted by Gasteiger charge is 2.46. The molecular weight excluding hydrogens is 328 g/mol. The highest BCUT2D eigenvalue weighted by atomic mass is 32.2. The number of aliphatic hydroxyl groups excluding tert-OH is 1. The van der Waals surface area contributed by atoms with Crippen molar-refractivity contribution in [2.45, 2.75) is 51.1 Å². The van der Waals surface area contributed by atoms with Crippen LogP contribution in [0.15, 0.2) is 33.3 Å². The van der Waals surface area contributed by atoms with Crippen LogP contribution < -0.4 is 0 Å². The number of sulfone groups is 1. The molecule has 2 aliphatic rings. The molecule has 0 aliphatic carbocycles. The lowest BCUT2D eigenvalue weighted by molar-refractivity contribution is 0.117. The fourth-order valence-corrected chi connectivity index (χ4v) is 5.59. The zero-order valence-electron chi connectivity index (χ0n) is 14.1. The Morgan fingerprint density at radius 1 is 1.42 bits per heavy atom. The molecule has 1 aromatic heterocycles. The summed E-state index contributed by atoms with van der Waals surface area (Å²) in [4.78, 5) is 0. The van der Waals surface area contributed by atoms with Gasteiger partial charge in [0.15, 0.2) is 9.84 Å². The number of ether oxygens (including phenoxy) is 1. The van der Waals surface area contributed by atoms with Crippen molar-refractivity contribution in [2.24, 2.45) is 0 Å². The highest BCUT2D eigenvalue weighted by molar-refractivity contribution is 7.92. The van der Waals surface area contributed by atoms with Gasteiger partial charge in [-0.25, -0.2) is 8.42 Å². The van der Waals surface area contributed by atoms with Gasteiger partial charge in [-0.15, -0.1) is 0 Å². The van der Waals surface area contributed by atoms with E-state index in [1.165, 1.54) is 0 Å². The molecule has 132 valence electrons. The molecule has 0 unspecified atom stereocenters. The molecule has 6 heteroatoms. The zero-order valence-corrected chi connectivity index (χ0v) is 14.9. The molecule has 0 spiro atoms. The number of fused-ring (bicyclic) bond motifs is 1. The average Bonchev–Trinajstić information content (AvgIpc) is 3.22. The van der Waals surface area contributed by atoms with Crippen molar-refractivity contribution >= 4 is 15.9 Å². The molecule has 0 radical (unpaired) electrons. The van der Waals surface area contributed by atoms with Crippen LogP contribution in [0, 0.1) is 0 Å². The van der Waals surface area contributed by atoms with Crippen molar-refractivity contribution in [3.63, 3.8) is 0 Å². The lowest BCUT2D eigenvalue weighted by atomic mass is 9.96. The number of rotatable bonds is 6. The minimum Gasteiger partial charge on any atom is -0.459 e. The van der Waals surface area contributed by atoms with Gasteiger partial charge in [0.25, 0.3) is 0 Å². The molecule has 0 amide bonds. The summed E-state index contributed by atoms with van der Waals surface area (Å²) < 4.78 is 35.7. The maximum Gasteiger partial charge on any atom is 0.163 e. The topological polar surface area (TPSA) is 76.7 Å². The van der Waals surface area contributed by atoms with Crippen LogP contribution in [0.3, 0.4) is 0 Å². The first kappa shape index (κ1) is 17.5. The molecule has 2 aliphatic heterocycles. The highest BCUT2D eigenvalue weighted by Crippen LogP contribution is 2.39. The largest absolute Gasteiger partial charge is 0.459 e.